The van der Waals surface area contributed by atoms with Gasteiger partial charge in [-0.25, -0.2) is 0 Å². The van der Waals surface area contributed by atoms with Gasteiger partial charge in [-0.3, -0.25) is 4.79 Å². The van der Waals surface area contributed by atoms with Gasteiger partial charge in [-0.15, -0.1) is 0 Å². The van der Waals surface area contributed by atoms with Crippen molar-refractivity contribution >= 4 is 11.6 Å². The Morgan fingerprint density at radius 1 is 1.16 bits per heavy atom. The fraction of sp³-hybridized carbons (Fsp3) is 0.650. The molecular formula is C20H29N3O2. The highest BCUT2D eigenvalue weighted by Crippen LogP contribution is 2.48. The van der Waals surface area contributed by atoms with Crippen molar-refractivity contribution in [1.29, 1.82) is 0 Å². The van der Waals surface area contributed by atoms with Crippen LogP contribution in [-0.2, 0) is 4.79 Å². The van der Waals surface area contributed by atoms with Crippen molar-refractivity contribution in [2.75, 3.05) is 37.7 Å². The second-order valence-corrected chi connectivity index (χ2v) is 7.65. The Labute approximate surface area is 150 Å². The predicted molar refractivity (Wildman–Crippen MR) is 98.7 cm³/mol. The van der Waals surface area contributed by atoms with Crippen LogP contribution in [0.1, 0.15) is 26.2 Å². The Bertz CT molecular complexity index is 625. The van der Waals surface area contributed by atoms with E-state index in [0.717, 1.165) is 37.6 Å². The van der Waals surface area contributed by atoms with Gasteiger partial charge in [0.15, 0.2) is 0 Å². The van der Waals surface area contributed by atoms with E-state index in [9.17, 15) is 4.79 Å². The first kappa shape index (κ1) is 16.7. The van der Waals surface area contributed by atoms with Gasteiger partial charge in [0, 0.05) is 32.2 Å². The summed E-state index contributed by atoms with van der Waals surface area (Å²) in [5.74, 6) is 2.42. The molecule has 2 saturated carbocycles. The Morgan fingerprint density at radius 3 is 2.56 bits per heavy atom. The molecule has 1 heterocycles. The summed E-state index contributed by atoms with van der Waals surface area (Å²) in [4.78, 5) is 17.4. The van der Waals surface area contributed by atoms with Crippen molar-refractivity contribution < 1.29 is 9.53 Å². The number of carbonyl (C=O) groups excluding carboxylic acids is 1. The quantitative estimate of drug-likeness (QED) is 0.910. The minimum Gasteiger partial charge on any atom is -0.492 e. The Morgan fingerprint density at radius 2 is 1.88 bits per heavy atom. The second-order valence-electron chi connectivity index (χ2n) is 7.65. The number of nitrogens with two attached hydrogens (primary N) is 1. The standard InChI is InChI=1S/C20H29N3O2/c1-2-25-17-6-4-3-5-16(17)22-9-11-23(12-10-22)20(24)18-14-7-8-15(13-14)19(18)21/h3-6,14-15,18-19H,2,7-13,21H2,1H3. The van der Waals surface area contributed by atoms with Crippen molar-refractivity contribution in [2.24, 2.45) is 23.5 Å². The molecule has 5 heteroatoms. The third-order valence-corrected chi connectivity index (χ3v) is 6.36. The van der Waals surface area contributed by atoms with Crippen molar-refractivity contribution in [3.8, 4) is 5.75 Å². The summed E-state index contributed by atoms with van der Waals surface area (Å²) >= 11 is 0. The summed E-state index contributed by atoms with van der Waals surface area (Å²) in [6.45, 7) is 5.93. The fourth-order valence-corrected chi connectivity index (χ4v) is 5.08. The molecule has 0 aromatic heterocycles. The van der Waals surface area contributed by atoms with Gasteiger partial charge in [-0.2, -0.15) is 0 Å². The van der Waals surface area contributed by atoms with E-state index in [4.69, 9.17) is 10.5 Å². The number of amides is 1. The van der Waals surface area contributed by atoms with Crippen LogP contribution in [-0.4, -0.2) is 49.6 Å². The van der Waals surface area contributed by atoms with Crippen LogP contribution in [0.3, 0.4) is 0 Å². The van der Waals surface area contributed by atoms with Crippen LogP contribution in [0.25, 0.3) is 0 Å². The van der Waals surface area contributed by atoms with Gasteiger partial charge in [0.1, 0.15) is 5.75 Å². The lowest BCUT2D eigenvalue weighted by atomic mass is 9.84. The van der Waals surface area contributed by atoms with Gasteiger partial charge >= 0.3 is 0 Å². The monoisotopic (exact) mass is 343 g/mol. The van der Waals surface area contributed by atoms with Gasteiger partial charge in [0.05, 0.1) is 18.2 Å². The summed E-state index contributed by atoms with van der Waals surface area (Å²) in [6.07, 6.45) is 3.58. The molecule has 1 aromatic carbocycles. The lowest BCUT2D eigenvalue weighted by Gasteiger charge is -2.39. The molecule has 1 aliphatic heterocycles. The minimum absolute atomic E-state index is 0.0704. The van der Waals surface area contributed by atoms with Gasteiger partial charge in [0.2, 0.25) is 5.91 Å². The van der Waals surface area contributed by atoms with Crippen LogP contribution < -0.4 is 15.4 Å². The number of para-hydroxylation sites is 2. The molecular weight excluding hydrogens is 314 g/mol. The SMILES string of the molecule is CCOc1ccccc1N1CCN(C(=O)C2C3CCC(C3)C2N)CC1. The molecule has 0 radical (unpaired) electrons. The number of anilines is 1. The Balaban J connectivity index is 1.40. The van der Waals surface area contributed by atoms with Crippen LogP contribution in [0.2, 0.25) is 0 Å². The molecule has 4 unspecified atom stereocenters. The molecule has 1 amide bonds. The fourth-order valence-electron chi connectivity index (χ4n) is 5.08. The summed E-state index contributed by atoms with van der Waals surface area (Å²) < 4.78 is 5.75. The molecule has 4 rings (SSSR count). The number of fused-ring (bicyclic) bond motifs is 2. The highest BCUT2D eigenvalue weighted by Gasteiger charge is 2.50. The average Bonchev–Trinajstić information content (AvgIpc) is 3.23. The van der Waals surface area contributed by atoms with Gasteiger partial charge in [-0.05, 0) is 50.2 Å². The maximum Gasteiger partial charge on any atom is 0.227 e. The largest absolute Gasteiger partial charge is 0.492 e. The van der Waals surface area contributed by atoms with E-state index in [1.807, 2.05) is 30.0 Å². The van der Waals surface area contributed by atoms with E-state index in [1.165, 1.54) is 19.3 Å². The number of hydrogen-bond donors (Lipinski definition) is 1. The van der Waals surface area contributed by atoms with E-state index in [2.05, 4.69) is 11.0 Å². The van der Waals surface area contributed by atoms with E-state index in [0.29, 0.717) is 24.3 Å². The first-order chi connectivity index (χ1) is 12.2. The number of piperazine rings is 1. The molecule has 3 fully saturated rings. The van der Waals surface area contributed by atoms with E-state index >= 15 is 0 Å². The Hall–Kier alpha value is -1.75. The number of rotatable bonds is 4. The second kappa shape index (κ2) is 6.87. The average molecular weight is 343 g/mol. The molecule has 2 bridgehead atoms. The molecule has 2 aliphatic carbocycles. The lowest BCUT2D eigenvalue weighted by Crippen LogP contribution is -2.54. The molecule has 0 spiro atoms. The van der Waals surface area contributed by atoms with Crippen LogP contribution >= 0.6 is 0 Å². The van der Waals surface area contributed by atoms with Gasteiger partial charge < -0.3 is 20.3 Å². The maximum atomic E-state index is 13.0. The van der Waals surface area contributed by atoms with E-state index in [-0.39, 0.29) is 12.0 Å². The molecule has 1 aromatic rings. The van der Waals surface area contributed by atoms with Gasteiger partial charge in [-0.1, -0.05) is 12.1 Å². The smallest absolute Gasteiger partial charge is 0.227 e. The highest BCUT2D eigenvalue weighted by atomic mass is 16.5. The summed E-state index contributed by atoms with van der Waals surface area (Å²) in [7, 11) is 0. The summed E-state index contributed by atoms with van der Waals surface area (Å²) in [6, 6.07) is 8.26. The zero-order valence-corrected chi connectivity index (χ0v) is 15.1. The van der Waals surface area contributed by atoms with Crippen molar-refractivity contribution in [3.63, 3.8) is 0 Å². The summed E-state index contributed by atoms with van der Waals surface area (Å²) in [5.41, 5.74) is 7.50. The number of hydrogen-bond acceptors (Lipinski definition) is 4. The number of nitrogens with zero attached hydrogens (tertiary/aromatic N) is 2. The van der Waals surface area contributed by atoms with Crippen LogP contribution in [0, 0.1) is 17.8 Å². The number of carbonyl (C=O) groups is 1. The zero-order valence-electron chi connectivity index (χ0n) is 15.1. The van der Waals surface area contributed by atoms with E-state index in [1.54, 1.807) is 0 Å². The number of ether oxygens (including phenoxy) is 1. The first-order valence-electron chi connectivity index (χ1n) is 9.70. The third-order valence-electron chi connectivity index (χ3n) is 6.36. The van der Waals surface area contributed by atoms with E-state index < -0.39 is 0 Å². The topological polar surface area (TPSA) is 58.8 Å². The van der Waals surface area contributed by atoms with Crippen LogP contribution in [0.15, 0.2) is 24.3 Å². The molecule has 3 aliphatic rings. The van der Waals surface area contributed by atoms with Crippen molar-refractivity contribution in [3.05, 3.63) is 24.3 Å². The molecule has 136 valence electrons. The molecule has 1 saturated heterocycles. The maximum absolute atomic E-state index is 13.0. The first-order valence-corrected chi connectivity index (χ1v) is 9.70. The molecule has 5 nitrogen and oxygen atoms in total. The van der Waals surface area contributed by atoms with Crippen LogP contribution in [0.4, 0.5) is 5.69 Å². The van der Waals surface area contributed by atoms with Crippen molar-refractivity contribution in [1.82, 2.24) is 4.90 Å². The molecule has 25 heavy (non-hydrogen) atoms. The summed E-state index contributed by atoms with van der Waals surface area (Å²) in [5, 5.41) is 0. The highest BCUT2D eigenvalue weighted by molar-refractivity contribution is 5.81. The molecule has 4 atom stereocenters. The predicted octanol–water partition coefficient (Wildman–Crippen LogP) is 2.11. The normalized spacial score (nSPS) is 31.4. The van der Waals surface area contributed by atoms with Crippen molar-refractivity contribution in [2.45, 2.75) is 32.2 Å². The molecule has 2 N–H and O–H groups in total. The zero-order chi connectivity index (χ0) is 17.4. The van der Waals surface area contributed by atoms with Gasteiger partial charge in [0.25, 0.3) is 0 Å². The minimum atomic E-state index is 0.0704. The Kier molecular flexibility index (Phi) is 4.59. The third kappa shape index (κ3) is 2.99. The number of benzene rings is 1. The lowest BCUT2D eigenvalue weighted by molar-refractivity contribution is -0.138. The van der Waals surface area contributed by atoms with Crippen LogP contribution in [0.5, 0.6) is 5.75 Å².